The molecule has 2 heterocycles. The van der Waals surface area contributed by atoms with E-state index in [1.807, 2.05) is 143 Å². The quantitative estimate of drug-likeness (QED) is 0.0203. The monoisotopic (exact) mass is 1130 g/mol. The summed E-state index contributed by atoms with van der Waals surface area (Å²) >= 11 is 0. The Bertz CT molecular complexity index is 3380. The van der Waals surface area contributed by atoms with E-state index in [1.165, 1.54) is 11.1 Å². The van der Waals surface area contributed by atoms with Gasteiger partial charge < -0.3 is 58.5 Å². The van der Waals surface area contributed by atoms with Crippen LogP contribution < -0.4 is 48.7 Å². The van der Waals surface area contributed by atoms with Gasteiger partial charge in [0.05, 0.1) is 18.1 Å². The number of carbonyl (C=O) groups excluding carboxylic acids is 5. The number of aryl methyl sites for hydroxylation is 2. The van der Waals surface area contributed by atoms with Gasteiger partial charge in [0.2, 0.25) is 11.8 Å². The van der Waals surface area contributed by atoms with Crippen molar-refractivity contribution in [3.05, 3.63) is 203 Å². The normalized spacial score (nSPS) is 17.4. The average molecular weight is 1130 g/mol. The molecule has 18 heteroatoms. The minimum absolute atomic E-state index is 0.0432. The number of hydrogen-bond acceptors (Lipinski definition) is 9. The molecule has 2 aliphatic heterocycles. The van der Waals surface area contributed by atoms with Crippen molar-refractivity contribution in [1.82, 2.24) is 47.0 Å². The Morgan fingerprint density at radius 1 is 0.536 bits per heavy atom. The fourth-order valence-electron chi connectivity index (χ4n) is 10.9. The highest BCUT2D eigenvalue weighted by molar-refractivity contribution is 5.99. The summed E-state index contributed by atoms with van der Waals surface area (Å²) in [5, 5.41) is 40.9. The zero-order valence-corrected chi connectivity index (χ0v) is 48.0. The van der Waals surface area contributed by atoms with Crippen LogP contribution in [0.4, 0.5) is 0 Å². The second-order valence-corrected chi connectivity index (χ2v) is 21.8. The van der Waals surface area contributed by atoms with E-state index >= 15 is 0 Å². The first kappa shape index (κ1) is 61.0. The molecule has 0 unspecified atom stereocenters. The number of fused-ring (bicyclic) bond motifs is 2. The summed E-state index contributed by atoms with van der Waals surface area (Å²) in [6.07, 6.45) is 3.77. The number of nitrogens with one attached hydrogen (secondary N) is 9. The molecular formula is C66H79N13O5. The topological polar surface area (TPSA) is 276 Å². The number of guanidine groups is 2. The molecule has 7 aromatic rings. The first-order valence-electron chi connectivity index (χ1n) is 28.9. The van der Waals surface area contributed by atoms with Gasteiger partial charge in [-0.3, -0.25) is 34.8 Å². The molecule has 2 fully saturated rings. The highest BCUT2D eigenvalue weighted by Crippen LogP contribution is 2.22. The molecule has 0 bridgehead atoms. The van der Waals surface area contributed by atoms with Crippen LogP contribution in [-0.2, 0) is 16.1 Å². The van der Waals surface area contributed by atoms with E-state index < -0.39 is 12.1 Å². The molecule has 2 saturated heterocycles. The number of benzene rings is 7. The Labute approximate surface area is 491 Å². The molecule has 9 rings (SSSR count). The summed E-state index contributed by atoms with van der Waals surface area (Å²) in [6, 6.07) is 50.8. The van der Waals surface area contributed by atoms with Gasteiger partial charge in [-0.15, -0.1) is 0 Å². The van der Waals surface area contributed by atoms with Crippen molar-refractivity contribution in [1.29, 1.82) is 10.8 Å². The van der Waals surface area contributed by atoms with Gasteiger partial charge in [-0.2, -0.15) is 0 Å². The van der Waals surface area contributed by atoms with Gasteiger partial charge >= 0.3 is 0 Å². The molecule has 7 aromatic carbocycles. The first-order chi connectivity index (χ1) is 40.6. The average Bonchev–Trinajstić information content (AvgIpc) is 3.86. The van der Waals surface area contributed by atoms with E-state index in [0.29, 0.717) is 101 Å². The summed E-state index contributed by atoms with van der Waals surface area (Å²) in [6.45, 7) is 7.82. The van der Waals surface area contributed by atoms with Crippen molar-refractivity contribution in [2.24, 2.45) is 11.5 Å². The molecule has 0 aliphatic carbocycles. The predicted octanol–water partition coefficient (Wildman–Crippen LogP) is 6.77. The van der Waals surface area contributed by atoms with Crippen LogP contribution >= 0.6 is 0 Å². The van der Waals surface area contributed by atoms with Crippen LogP contribution in [-0.4, -0.2) is 121 Å². The third-order valence-corrected chi connectivity index (χ3v) is 15.2. The number of rotatable bonds is 21. The van der Waals surface area contributed by atoms with Crippen LogP contribution in [0.3, 0.4) is 0 Å². The van der Waals surface area contributed by atoms with Crippen LogP contribution in [0.1, 0.15) is 97.9 Å². The summed E-state index contributed by atoms with van der Waals surface area (Å²) in [4.78, 5) is 70.6. The highest BCUT2D eigenvalue weighted by Gasteiger charge is 2.34. The molecule has 438 valence electrons. The zero-order chi connectivity index (χ0) is 59.4. The molecule has 18 nitrogen and oxygen atoms in total. The van der Waals surface area contributed by atoms with E-state index in [4.69, 9.17) is 22.3 Å². The second kappa shape index (κ2) is 30.3. The number of hydrogen-bond donors (Lipinski definition) is 11. The minimum atomic E-state index is -0.514. The second-order valence-electron chi connectivity index (χ2n) is 21.8. The van der Waals surface area contributed by atoms with Gasteiger partial charge in [0, 0.05) is 81.1 Å². The molecule has 2 aliphatic rings. The lowest BCUT2D eigenvalue weighted by Gasteiger charge is -2.29. The molecule has 5 amide bonds. The van der Waals surface area contributed by atoms with Gasteiger partial charge in [0.25, 0.3) is 17.7 Å². The van der Waals surface area contributed by atoms with E-state index in [9.17, 15) is 24.0 Å². The maximum Gasteiger partial charge on any atom is 0.251 e. The van der Waals surface area contributed by atoms with Crippen LogP contribution in [0, 0.1) is 24.7 Å². The summed E-state index contributed by atoms with van der Waals surface area (Å²) in [5.74, 6) is -0.698. The lowest BCUT2D eigenvalue weighted by molar-refractivity contribution is -0.134. The Balaban J connectivity index is 0.000000223. The number of carbonyl (C=O) groups is 5. The van der Waals surface area contributed by atoms with E-state index in [-0.39, 0.29) is 59.6 Å². The van der Waals surface area contributed by atoms with Crippen molar-refractivity contribution in [2.75, 3.05) is 45.8 Å². The van der Waals surface area contributed by atoms with Crippen LogP contribution in [0.5, 0.6) is 0 Å². The van der Waals surface area contributed by atoms with E-state index in [1.54, 1.807) is 12.1 Å². The third-order valence-electron chi connectivity index (χ3n) is 15.2. The van der Waals surface area contributed by atoms with Crippen molar-refractivity contribution in [3.8, 4) is 0 Å². The van der Waals surface area contributed by atoms with E-state index in [0.717, 1.165) is 39.1 Å². The smallest absolute Gasteiger partial charge is 0.251 e. The Morgan fingerprint density at radius 3 is 1.49 bits per heavy atom. The molecule has 0 saturated carbocycles. The highest BCUT2D eigenvalue weighted by atomic mass is 16.2. The number of amides is 5. The van der Waals surface area contributed by atoms with E-state index in [2.05, 4.69) is 69.3 Å². The van der Waals surface area contributed by atoms with Gasteiger partial charge in [0.15, 0.2) is 11.9 Å². The number of nitrogens with zero attached hydrogens (tertiary/aromatic N) is 2. The molecule has 84 heavy (non-hydrogen) atoms. The Hall–Kier alpha value is -9.13. The van der Waals surface area contributed by atoms with Crippen molar-refractivity contribution in [2.45, 2.75) is 89.1 Å². The Kier molecular flexibility index (Phi) is 22.0. The number of nitrogens with two attached hydrogens (primary N) is 2. The maximum absolute atomic E-state index is 14.0. The van der Waals surface area contributed by atoms with Crippen molar-refractivity contribution >= 4 is 63.0 Å². The molecule has 0 radical (unpaired) electrons. The van der Waals surface area contributed by atoms with Crippen LogP contribution in [0.2, 0.25) is 0 Å². The molecule has 0 aromatic heterocycles. The maximum atomic E-state index is 14.0. The van der Waals surface area contributed by atoms with Crippen LogP contribution in [0.15, 0.2) is 164 Å². The molecule has 5 atom stereocenters. The fourth-order valence-corrected chi connectivity index (χ4v) is 10.9. The summed E-state index contributed by atoms with van der Waals surface area (Å²) < 4.78 is 0. The summed E-state index contributed by atoms with van der Waals surface area (Å²) in [5.41, 5.74) is 17.0. The largest absolute Gasteiger partial charge is 0.370 e. The van der Waals surface area contributed by atoms with Crippen LogP contribution in [0.25, 0.3) is 21.5 Å². The van der Waals surface area contributed by atoms with Gasteiger partial charge in [-0.1, -0.05) is 139 Å². The van der Waals surface area contributed by atoms with Gasteiger partial charge in [-0.05, 0) is 121 Å². The summed E-state index contributed by atoms with van der Waals surface area (Å²) in [7, 11) is 0. The Morgan fingerprint density at radius 2 is 0.988 bits per heavy atom. The minimum Gasteiger partial charge on any atom is -0.370 e. The van der Waals surface area contributed by atoms with Gasteiger partial charge in [-0.25, -0.2) is 0 Å². The molecular weight excluding hydrogens is 1050 g/mol. The SMILES string of the molecule is Cc1cc(C)cc(CN2CC[C@@H](CNC(=O)c3ccc4ccccc4c3)N[C@@H](CCCNC(=N)N)C2=O)c1.N=C(N)NCCC[C@@H]1N[C@H](CNC(=O)c2ccc3ccccc3c2)CCN(C[C@@H](NC(=O)c2ccccc2)c2ccccc2)C1=O. The molecule has 13 N–H and O–H groups in total. The zero-order valence-electron chi connectivity index (χ0n) is 48.0. The fraction of sp³-hybridized carbons (Fsp3) is 0.318. The lowest BCUT2D eigenvalue weighted by Crippen LogP contribution is -2.50. The standard InChI is InChI=1S/C36H41N7O3.C30H38N6O2/c37-36(38)39-20-9-16-31-35(46)43(24-32(26-11-3-1-4-12-26)42-34(45)27-13-5-2-6-14-27)21-19-30(41-31)23-40-33(44)29-18-17-25-10-7-8-15-28(25)22-29;1-20-14-21(2)16-22(15-20)19-36-13-11-26(35-27(29(36)38)8-5-12-33-30(31)32)18-34-28(37)25-10-9-23-6-3-4-7-24(23)17-25/h1-8,10-15,17-18,22,30-32,41H,9,16,19-21,23-24H2,(H,40,44)(H,42,45)(H4,37,38,39);3-4,6-7,9-10,14-17,26-27,35H,5,8,11-13,18-19H2,1-2H3,(H,34,37)(H4,31,32,33)/t30-,31-,32+;26-,27-/m00/s1. The molecule has 0 spiro atoms. The predicted molar refractivity (Wildman–Crippen MR) is 333 cm³/mol. The first-order valence-corrected chi connectivity index (χ1v) is 28.9. The lowest BCUT2D eigenvalue weighted by atomic mass is 10.0. The van der Waals surface area contributed by atoms with Crippen molar-refractivity contribution in [3.63, 3.8) is 0 Å². The van der Waals surface area contributed by atoms with Crippen molar-refractivity contribution < 1.29 is 24.0 Å². The van der Waals surface area contributed by atoms with Gasteiger partial charge in [0.1, 0.15) is 0 Å². The third kappa shape index (κ3) is 17.9.